The lowest BCUT2D eigenvalue weighted by Crippen LogP contribution is -2.41. The Morgan fingerprint density at radius 1 is 1.15 bits per heavy atom. The smallest absolute Gasteiger partial charge is 0.217 e. The number of ketones is 1. The van der Waals surface area contributed by atoms with Crippen molar-refractivity contribution in [2.75, 3.05) is 13.6 Å². The van der Waals surface area contributed by atoms with Crippen LogP contribution in [0.4, 0.5) is 0 Å². The zero-order valence-electron chi connectivity index (χ0n) is 23.1. The average molecular weight is 535 g/mol. The first-order chi connectivity index (χ1) is 18.8. The molecule has 3 aromatic rings. The highest BCUT2D eigenvalue weighted by atomic mass is 16.5. The summed E-state index contributed by atoms with van der Waals surface area (Å²) in [4.78, 5) is 25.2. The maximum absolute atomic E-state index is 13.2. The highest BCUT2D eigenvalue weighted by molar-refractivity contribution is 5.91. The minimum absolute atomic E-state index is 0.0623. The van der Waals surface area contributed by atoms with Crippen LogP contribution in [0, 0.1) is 0 Å². The first-order valence-corrected chi connectivity index (χ1v) is 14.3. The van der Waals surface area contributed by atoms with E-state index in [2.05, 4.69) is 29.1 Å². The normalized spacial score (nSPS) is 25.1. The molecule has 3 aromatic heterocycles. The molecule has 1 aliphatic heterocycles. The van der Waals surface area contributed by atoms with Crippen molar-refractivity contribution >= 4 is 5.78 Å². The number of aromatic nitrogens is 5. The second-order valence-electron chi connectivity index (χ2n) is 11.6. The Labute approximate surface area is 228 Å². The molecule has 4 atom stereocenters. The van der Waals surface area contributed by atoms with E-state index in [1.54, 1.807) is 11.6 Å². The molecule has 0 radical (unpaired) electrons. The number of fused-ring (bicyclic) bond motifs is 2. The van der Waals surface area contributed by atoms with E-state index in [9.17, 15) is 9.90 Å². The van der Waals surface area contributed by atoms with Gasteiger partial charge in [0.15, 0.2) is 0 Å². The molecular formula is C29H38N6O4. The third kappa shape index (κ3) is 4.89. The summed E-state index contributed by atoms with van der Waals surface area (Å²) in [6.45, 7) is 5.26. The van der Waals surface area contributed by atoms with Crippen molar-refractivity contribution < 1.29 is 19.2 Å². The van der Waals surface area contributed by atoms with Crippen molar-refractivity contribution in [3.05, 3.63) is 29.6 Å². The molecule has 208 valence electrons. The minimum Gasteiger partial charge on any atom is -0.473 e. The van der Waals surface area contributed by atoms with E-state index < -0.39 is 11.5 Å². The topological polar surface area (TPSA) is 119 Å². The number of hydrogen-bond donors (Lipinski definition) is 1. The van der Waals surface area contributed by atoms with Crippen LogP contribution in [0.1, 0.15) is 76.5 Å². The first-order valence-electron chi connectivity index (χ1n) is 14.3. The van der Waals surface area contributed by atoms with Crippen molar-refractivity contribution in [2.45, 2.75) is 102 Å². The van der Waals surface area contributed by atoms with Crippen LogP contribution in [0.5, 0.6) is 5.88 Å². The second-order valence-corrected chi connectivity index (χ2v) is 11.6. The maximum Gasteiger partial charge on any atom is 0.217 e. The van der Waals surface area contributed by atoms with E-state index in [4.69, 9.17) is 19.2 Å². The Balaban J connectivity index is 1.40. The Morgan fingerprint density at radius 3 is 2.77 bits per heavy atom. The number of aliphatic hydroxyl groups is 1. The van der Waals surface area contributed by atoms with Crippen LogP contribution < -0.4 is 4.74 Å². The lowest BCUT2D eigenvalue weighted by molar-refractivity contribution is -0.127. The number of likely N-dealkylation sites (N-methyl/N-ethyl adjacent to an activating group) is 1. The molecule has 39 heavy (non-hydrogen) atoms. The maximum atomic E-state index is 13.2. The van der Waals surface area contributed by atoms with Crippen LogP contribution in [0.15, 0.2) is 22.9 Å². The quantitative estimate of drug-likeness (QED) is 0.480. The number of carbonyl (C=O) groups is 1. The van der Waals surface area contributed by atoms with E-state index in [1.807, 2.05) is 18.3 Å². The van der Waals surface area contributed by atoms with Gasteiger partial charge < -0.3 is 14.4 Å². The summed E-state index contributed by atoms with van der Waals surface area (Å²) < 4.78 is 14.1. The van der Waals surface area contributed by atoms with Gasteiger partial charge in [-0.3, -0.25) is 14.4 Å². The Bertz CT molecular complexity index is 1350. The predicted molar refractivity (Wildman–Crippen MR) is 144 cm³/mol. The number of Topliss-reactive ketones (excluding diaryl/α,β-unsaturated/α-hetero) is 1. The van der Waals surface area contributed by atoms with E-state index in [-0.39, 0.29) is 11.9 Å². The van der Waals surface area contributed by atoms with E-state index in [0.717, 1.165) is 69.2 Å². The standard InChI is InChI=1S/C29H38N6O4/c1-18(36)17-35-15-11-21(32-35)22-16-25(38-19(2)23-9-7-14-34(23)3)31-28(30-22)26-20-8-6-13-29(27(20)33-39-26)12-5-4-10-24(29)37/h11,15-16,18-19,23,36H,4-10,12-14,17H2,1-3H3/t18-,19+,23+,29-/m1/s1. The third-order valence-electron chi connectivity index (χ3n) is 8.75. The number of likely N-dealkylation sites (tertiary alicyclic amines) is 1. The molecule has 0 unspecified atom stereocenters. The summed E-state index contributed by atoms with van der Waals surface area (Å²) in [6, 6.07) is 4.00. The van der Waals surface area contributed by atoms with Crippen molar-refractivity contribution in [3.8, 4) is 28.9 Å². The number of carbonyl (C=O) groups excluding carboxylic acids is 1. The van der Waals surface area contributed by atoms with Gasteiger partial charge in [-0.25, -0.2) is 4.98 Å². The molecule has 3 aliphatic rings. The molecular weight excluding hydrogens is 496 g/mol. The zero-order valence-corrected chi connectivity index (χ0v) is 23.1. The van der Waals surface area contributed by atoms with E-state index >= 15 is 0 Å². The fourth-order valence-corrected chi connectivity index (χ4v) is 6.77. The lowest BCUT2D eigenvalue weighted by Gasteiger charge is -2.37. The molecule has 1 saturated carbocycles. The number of hydrogen-bond acceptors (Lipinski definition) is 9. The second kappa shape index (κ2) is 10.5. The van der Waals surface area contributed by atoms with Gasteiger partial charge in [-0.1, -0.05) is 11.6 Å². The molecule has 0 amide bonds. The molecule has 10 heteroatoms. The molecule has 6 rings (SSSR count). The Hall–Kier alpha value is -3.11. The first kappa shape index (κ1) is 26.1. The molecule has 1 N–H and O–H groups in total. The molecule has 4 heterocycles. The number of nitrogens with zero attached hydrogens (tertiary/aromatic N) is 6. The van der Waals surface area contributed by atoms with Crippen LogP contribution in [-0.4, -0.2) is 72.5 Å². The molecule has 0 aromatic carbocycles. The summed E-state index contributed by atoms with van der Waals surface area (Å²) in [5.74, 6) is 1.65. The molecule has 1 saturated heterocycles. The molecule has 2 fully saturated rings. The van der Waals surface area contributed by atoms with Gasteiger partial charge in [-0.05, 0) is 78.5 Å². The number of aliphatic hydroxyl groups excluding tert-OH is 1. The third-order valence-corrected chi connectivity index (χ3v) is 8.75. The van der Waals surface area contributed by atoms with Gasteiger partial charge in [-0.15, -0.1) is 0 Å². The summed E-state index contributed by atoms with van der Waals surface area (Å²) in [5.41, 5.74) is 2.46. The SMILES string of the molecule is C[C@H](Oc1cc(-c2ccn(C[C@@H](C)O)n2)nc(-c2onc3c2CCC[C@@]32CCCCC2=O)n1)[C@@H]1CCCN1C. The summed E-state index contributed by atoms with van der Waals surface area (Å²) in [7, 11) is 2.13. The lowest BCUT2D eigenvalue weighted by atomic mass is 9.64. The summed E-state index contributed by atoms with van der Waals surface area (Å²) >= 11 is 0. The van der Waals surface area contributed by atoms with Crippen molar-refractivity contribution in [2.24, 2.45) is 0 Å². The van der Waals surface area contributed by atoms with Crippen LogP contribution >= 0.6 is 0 Å². The highest BCUT2D eigenvalue weighted by Crippen LogP contribution is 2.47. The van der Waals surface area contributed by atoms with Gasteiger partial charge in [0, 0.05) is 30.3 Å². The minimum atomic E-state index is -0.536. The van der Waals surface area contributed by atoms with Crippen molar-refractivity contribution in [1.29, 1.82) is 0 Å². The molecule has 10 nitrogen and oxygen atoms in total. The van der Waals surface area contributed by atoms with Gasteiger partial charge in [0.25, 0.3) is 0 Å². The van der Waals surface area contributed by atoms with E-state index in [0.29, 0.717) is 47.9 Å². The van der Waals surface area contributed by atoms with Crippen LogP contribution in [0.25, 0.3) is 23.0 Å². The highest BCUT2D eigenvalue weighted by Gasteiger charge is 2.48. The number of ether oxygens (including phenoxy) is 1. The zero-order chi connectivity index (χ0) is 27.1. The number of rotatable bonds is 7. The Morgan fingerprint density at radius 2 is 2.00 bits per heavy atom. The van der Waals surface area contributed by atoms with Crippen LogP contribution in [0.3, 0.4) is 0 Å². The van der Waals surface area contributed by atoms with Gasteiger partial charge in [0.05, 0.1) is 23.8 Å². The fraction of sp³-hybridized carbons (Fsp3) is 0.621. The molecule has 1 spiro atoms. The van der Waals surface area contributed by atoms with Crippen molar-refractivity contribution in [3.63, 3.8) is 0 Å². The van der Waals surface area contributed by atoms with Crippen LogP contribution in [0.2, 0.25) is 0 Å². The average Bonchev–Trinajstić information content (AvgIpc) is 3.66. The Kier molecular flexibility index (Phi) is 7.01. The fourth-order valence-electron chi connectivity index (χ4n) is 6.77. The predicted octanol–water partition coefficient (Wildman–Crippen LogP) is 3.95. The largest absolute Gasteiger partial charge is 0.473 e. The van der Waals surface area contributed by atoms with E-state index in [1.165, 1.54) is 0 Å². The van der Waals surface area contributed by atoms with Gasteiger partial charge in [-0.2, -0.15) is 10.1 Å². The van der Waals surface area contributed by atoms with Gasteiger partial charge in [0.1, 0.15) is 23.3 Å². The summed E-state index contributed by atoms with van der Waals surface area (Å²) in [6.07, 6.45) is 9.40. The monoisotopic (exact) mass is 534 g/mol. The van der Waals surface area contributed by atoms with Crippen LogP contribution in [-0.2, 0) is 23.2 Å². The van der Waals surface area contributed by atoms with Crippen molar-refractivity contribution in [1.82, 2.24) is 29.8 Å². The van der Waals surface area contributed by atoms with Gasteiger partial charge in [0.2, 0.25) is 17.5 Å². The molecule has 2 aliphatic carbocycles. The summed E-state index contributed by atoms with van der Waals surface area (Å²) in [5, 5.41) is 18.9. The molecule has 0 bridgehead atoms. The van der Waals surface area contributed by atoms with Gasteiger partial charge >= 0.3 is 0 Å².